The van der Waals surface area contributed by atoms with Crippen LogP contribution in [-0.2, 0) is 0 Å². The van der Waals surface area contributed by atoms with Gasteiger partial charge >= 0.3 is 0 Å². The molecule has 2 unspecified atom stereocenters. The molecule has 3 rings (SSSR count). The predicted octanol–water partition coefficient (Wildman–Crippen LogP) is 2.96. The van der Waals surface area contributed by atoms with Gasteiger partial charge in [0.15, 0.2) is 0 Å². The number of para-hydroxylation sites is 1. The lowest BCUT2D eigenvalue weighted by Gasteiger charge is -2.34. The lowest BCUT2D eigenvalue weighted by Crippen LogP contribution is -2.39. The van der Waals surface area contributed by atoms with Crippen LogP contribution in [-0.4, -0.2) is 48.8 Å². The van der Waals surface area contributed by atoms with E-state index < -0.39 is 0 Å². The van der Waals surface area contributed by atoms with Crippen LogP contribution in [0.25, 0.3) is 0 Å². The third-order valence-corrected chi connectivity index (χ3v) is 4.56. The van der Waals surface area contributed by atoms with Crippen molar-refractivity contribution in [1.82, 2.24) is 4.90 Å². The molecule has 1 aliphatic carbocycles. The highest BCUT2D eigenvalue weighted by molar-refractivity contribution is 6.10. The van der Waals surface area contributed by atoms with E-state index in [0.29, 0.717) is 0 Å². The molecule has 1 heterocycles. The van der Waals surface area contributed by atoms with Crippen LogP contribution < -0.4 is 5.32 Å². The number of nitrogens with zero attached hydrogens (tertiary/aromatic N) is 3. The third-order valence-electron chi connectivity index (χ3n) is 4.56. The minimum Gasteiger partial charge on any atom is -0.377 e. The largest absolute Gasteiger partial charge is 0.377 e. The molecule has 2 aliphatic rings. The summed E-state index contributed by atoms with van der Waals surface area (Å²) in [6.07, 6.45) is 7.29. The Morgan fingerprint density at radius 2 is 2.08 bits per heavy atom. The van der Waals surface area contributed by atoms with E-state index in [1.165, 1.54) is 0 Å². The molecule has 0 aromatic heterocycles. The van der Waals surface area contributed by atoms with Gasteiger partial charge in [0.25, 0.3) is 5.70 Å². The Hall–Kier alpha value is -2.47. The number of anilines is 1. The topological polar surface area (TPSA) is 70.8 Å². The van der Waals surface area contributed by atoms with Gasteiger partial charge in [-0.2, -0.15) is 0 Å². The van der Waals surface area contributed by atoms with Crippen LogP contribution in [0.5, 0.6) is 0 Å². The van der Waals surface area contributed by atoms with Gasteiger partial charge < -0.3 is 10.2 Å². The van der Waals surface area contributed by atoms with Crippen molar-refractivity contribution in [3.63, 3.8) is 0 Å². The number of hydrogen-bond donors (Lipinski definition) is 1. The van der Waals surface area contributed by atoms with Crippen LogP contribution in [0, 0.1) is 16.0 Å². The summed E-state index contributed by atoms with van der Waals surface area (Å²) in [6, 6.07) is 8.06. The molecule has 1 aliphatic heterocycles. The zero-order valence-corrected chi connectivity index (χ0v) is 14.7. The van der Waals surface area contributed by atoms with Crippen molar-refractivity contribution in [3.8, 4) is 0 Å². The predicted molar refractivity (Wildman–Crippen MR) is 101 cm³/mol. The van der Waals surface area contributed by atoms with E-state index in [1.54, 1.807) is 12.2 Å². The molecule has 0 saturated heterocycles. The number of rotatable bonds is 6. The van der Waals surface area contributed by atoms with Crippen LogP contribution in [0.4, 0.5) is 5.69 Å². The molecule has 6 nitrogen and oxygen atoms in total. The Kier molecular flexibility index (Phi) is 5.28. The summed E-state index contributed by atoms with van der Waals surface area (Å²) in [6.45, 7) is 1.79. The summed E-state index contributed by atoms with van der Waals surface area (Å²) >= 11 is 0. The molecule has 0 saturated carbocycles. The molecule has 0 bridgehead atoms. The Morgan fingerprint density at radius 1 is 1.28 bits per heavy atom. The van der Waals surface area contributed by atoms with E-state index >= 15 is 0 Å². The molecule has 0 amide bonds. The molecule has 0 radical (unpaired) electrons. The number of fused-ring (bicyclic) bond motifs is 2. The van der Waals surface area contributed by atoms with E-state index in [0.717, 1.165) is 42.9 Å². The van der Waals surface area contributed by atoms with Crippen LogP contribution in [0.15, 0.2) is 53.2 Å². The van der Waals surface area contributed by atoms with Gasteiger partial charge in [0, 0.05) is 29.9 Å². The SMILES string of the molecule is CN(C)CCCCN=C1c2ccccc2NC2C=CC([N+](=O)[O-])=CC12. The van der Waals surface area contributed by atoms with Crippen molar-refractivity contribution in [1.29, 1.82) is 0 Å². The van der Waals surface area contributed by atoms with E-state index in [9.17, 15) is 10.1 Å². The van der Waals surface area contributed by atoms with Gasteiger partial charge in [0.1, 0.15) is 0 Å². The number of aliphatic imine (C=N–C) groups is 1. The van der Waals surface area contributed by atoms with Gasteiger partial charge in [-0.25, -0.2) is 0 Å². The first-order valence-electron chi connectivity index (χ1n) is 8.65. The van der Waals surface area contributed by atoms with Gasteiger partial charge in [-0.15, -0.1) is 0 Å². The first kappa shape index (κ1) is 17.4. The van der Waals surface area contributed by atoms with Crippen molar-refractivity contribution in [2.75, 3.05) is 32.5 Å². The Bertz CT molecular complexity index is 737. The molecule has 1 aromatic carbocycles. The number of nitrogens with one attached hydrogen (secondary N) is 1. The summed E-state index contributed by atoms with van der Waals surface area (Å²) in [7, 11) is 4.13. The minimum atomic E-state index is -0.331. The van der Waals surface area contributed by atoms with Crippen molar-refractivity contribution in [2.45, 2.75) is 18.9 Å². The first-order chi connectivity index (χ1) is 12.1. The maximum absolute atomic E-state index is 11.2. The van der Waals surface area contributed by atoms with Gasteiger partial charge in [-0.1, -0.05) is 24.3 Å². The number of unbranched alkanes of at least 4 members (excludes halogenated alkanes) is 1. The Balaban J connectivity index is 1.85. The molecule has 1 aromatic rings. The fourth-order valence-electron chi connectivity index (χ4n) is 3.30. The van der Waals surface area contributed by atoms with Crippen molar-refractivity contribution < 1.29 is 4.92 Å². The standard InChI is InChI=1S/C19H24N4O2/c1-22(2)12-6-5-11-20-19-15-7-3-4-8-17(15)21-18-10-9-14(23(24)25)13-16(18)19/h3-4,7-10,13,16,18,21H,5-6,11-12H2,1-2H3. The highest BCUT2D eigenvalue weighted by Gasteiger charge is 2.34. The Morgan fingerprint density at radius 3 is 2.84 bits per heavy atom. The fraction of sp³-hybridized carbons (Fsp3) is 0.421. The zero-order valence-electron chi connectivity index (χ0n) is 14.7. The monoisotopic (exact) mass is 340 g/mol. The number of allylic oxidation sites excluding steroid dienone is 1. The van der Waals surface area contributed by atoms with Crippen LogP contribution >= 0.6 is 0 Å². The van der Waals surface area contributed by atoms with Crippen LogP contribution in [0.2, 0.25) is 0 Å². The van der Waals surface area contributed by atoms with Gasteiger partial charge in [0.05, 0.1) is 22.6 Å². The summed E-state index contributed by atoms with van der Waals surface area (Å²) in [5.74, 6) is -0.103. The van der Waals surface area contributed by atoms with Crippen molar-refractivity contribution in [3.05, 3.63) is 63.9 Å². The smallest absolute Gasteiger partial charge is 0.265 e. The molecule has 2 atom stereocenters. The highest BCUT2D eigenvalue weighted by atomic mass is 16.6. The Labute approximate surface area is 148 Å². The van der Waals surface area contributed by atoms with Crippen molar-refractivity contribution in [2.24, 2.45) is 10.9 Å². The highest BCUT2D eigenvalue weighted by Crippen LogP contribution is 2.33. The second-order valence-corrected chi connectivity index (χ2v) is 6.73. The van der Waals surface area contributed by atoms with Crippen LogP contribution in [0.3, 0.4) is 0 Å². The second-order valence-electron chi connectivity index (χ2n) is 6.73. The van der Waals surface area contributed by atoms with Crippen LogP contribution in [0.1, 0.15) is 18.4 Å². The molecular weight excluding hydrogens is 316 g/mol. The third kappa shape index (κ3) is 3.96. The fourth-order valence-corrected chi connectivity index (χ4v) is 3.30. The number of benzene rings is 1. The normalized spacial score (nSPS) is 23.0. The van der Waals surface area contributed by atoms with Gasteiger partial charge in [-0.3, -0.25) is 15.1 Å². The molecule has 1 N–H and O–H groups in total. The number of hydrogen-bond acceptors (Lipinski definition) is 5. The quantitative estimate of drug-likeness (QED) is 0.491. The lowest BCUT2D eigenvalue weighted by molar-refractivity contribution is -0.419. The van der Waals surface area contributed by atoms with E-state index in [4.69, 9.17) is 4.99 Å². The molecular formula is C19H24N4O2. The molecule has 6 heteroatoms. The van der Waals surface area contributed by atoms with E-state index in [2.05, 4.69) is 24.3 Å². The summed E-state index contributed by atoms with van der Waals surface area (Å²) in [4.78, 5) is 17.9. The average molecular weight is 340 g/mol. The van der Waals surface area contributed by atoms with Crippen molar-refractivity contribution >= 4 is 11.4 Å². The summed E-state index contributed by atoms with van der Waals surface area (Å²) in [5, 5.41) is 14.6. The lowest BCUT2D eigenvalue weighted by atomic mass is 9.82. The van der Waals surface area contributed by atoms with E-state index in [-0.39, 0.29) is 22.6 Å². The summed E-state index contributed by atoms with van der Waals surface area (Å²) < 4.78 is 0. The first-order valence-corrected chi connectivity index (χ1v) is 8.65. The molecule has 25 heavy (non-hydrogen) atoms. The second kappa shape index (κ2) is 7.61. The van der Waals surface area contributed by atoms with E-state index in [1.807, 2.05) is 30.3 Å². The number of nitro groups is 1. The maximum Gasteiger partial charge on any atom is 0.265 e. The van der Waals surface area contributed by atoms with Gasteiger partial charge in [-0.05, 0) is 39.5 Å². The minimum absolute atomic E-state index is 0.0131. The average Bonchev–Trinajstić information content (AvgIpc) is 2.59. The van der Waals surface area contributed by atoms with Gasteiger partial charge in [0.2, 0.25) is 0 Å². The zero-order chi connectivity index (χ0) is 17.8. The molecule has 132 valence electrons. The molecule has 0 spiro atoms. The summed E-state index contributed by atoms with van der Waals surface area (Å²) in [5.41, 5.74) is 3.18. The maximum atomic E-state index is 11.2. The molecule has 0 fully saturated rings.